The molecule has 2 aromatic rings. The summed E-state index contributed by atoms with van der Waals surface area (Å²) in [7, 11) is 0. The molecule has 3 nitrogen and oxygen atoms in total. The van der Waals surface area contributed by atoms with Gasteiger partial charge in [-0.3, -0.25) is 0 Å². The van der Waals surface area contributed by atoms with E-state index in [4.69, 9.17) is 0 Å². The van der Waals surface area contributed by atoms with Crippen LogP contribution in [0, 0.1) is 5.92 Å². The predicted molar refractivity (Wildman–Crippen MR) is 72.9 cm³/mol. The Kier molecular flexibility index (Phi) is 3.71. The molecule has 0 saturated heterocycles. The van der Waals surface area contributed by atoms with Crippen LogP contribution in [0.15, 0.2) is 35.5 Å². The summed E-state index contributed by atoms with van der Waals surface area (Å²) in [5.41, 5.74) is -0.110. The number of rotatable bonds is 2. The first-order chi connectivity index (χ1) is 9.95. The van der Waals surface area contributed by atoms with E-state index in [1.54, 1.807) is 12.4 Å². The monoisotopic (exact) mass is 314 g/mol. The largest absolute Gasteiger partial charge is 0.416 e. The van der Waals surface area contributed by atoms with Crippen LogP contribution in [-0.2, 0) is 12.6 Å². The number of aromatic amines is 1. The number of hydrogen-bond acceptors (Lipinski definition) is 3. The molecule has 3 rings (SSSR count). The highest BCUT2D eigenvalue weighted by molar-refractivity contribution is 7.99. The minimum absolute atomic E-state index is 0.0645. The third-order valence-corrected chi connectivity index (χ3v) is 4.83. The molecule has 0 bridgehead atoms. The first-order valence-corrected chi connectivity index (χ1v) is 7.44. The quantitative estimate of drug-likeness (QED) is 0.893. The van der Waals surface area contributed by atoms with Gasteiger partial charge in [-0.05, 0) is 17.7 Å². The van der Waals surface area contributed by atoms with Crippen LogP contribution in [-0.4, -0.2) is 20.8 Å². The maximum absolute atomic E-state index is 12.7. The van der Waals surface area contributed by atoms with Crippen molar-refractivity contribution < 1.29 is 18.3 Å². The van der Waals surface area contributed by atoms with Gasteiger partial charge < -0.3 is 10.1 Å². The number of benzene rings is 1. The Labute approximate surface area is 123 Å². The number of hydrogen-bond donors (Lipinski definition) is 2. The molecule has 0 amide bonds. The topological polar surface area (TPSA) is 48.9 Å². The fourth-order valence-corrected chi connectivity index (χ4v) is 3.71. The second kappa shape index (κ2) is 5.38. The fraction of sp³-hybridized carbons (Fsp3) is 0.357. The molecule has 7 heteroatoms. The Morgan fingerprint density at radius 1 is 1.38 bits per heavy atom. The zero-order valence-corrected chi connectivity index (χ0v) is 11.7. The van der Waals surface area contributed by atoms with E-state index in [0.29, 0.717) is 22.6 Å². The van der Waals surface area contributed by atoms with E-state index in [9.17, 15) is 18.3 Å². The number of alkyl halides is 3. The number of imidazole rings is 1. The average Bonchev–Trinajstić information content (AvgIpc) is 2.93. The van der Waals surface area contributed by atoms with Crippen LogP contribution < -0.4 is 0 Å². The lowest BCUT2D eigenvalue weighted by atomic mass is 9.93. The number of aliphatic hydroxyl groups is 1. The number of aliphatic hydroxyl groups excluding tert-OH is 1. The summed E-state index contributed by atoms with van der Waals surface area (Å²) in [6, 6.07) is 3.52. The SMILES string of the molecule is O[C@H]1c2ccc(C(F)(F)F)cc2SC[C@@H]1Cc1ncc[nH]1. The van der Waals surface area contributed by atoms with Crippen LogP contribution in [0.1, 0.15) is 23.1 Å². The molecule has 1 aromatic heterocycles. The standard InChI is InChI=1S/C14H13F3N2OS/c15-14(16,17)9-1-2-10-11(6-9)21-7-8(13(10)20)5-12-18-3-4-19-12/h1-4,6,8,13,20H,5,7H2,(H,18,19)/t8-,13+/m0/s1. The predicted octanol–water partition coefficient (Wildman–Crippen LogP) is 3.43. The Morgan fingerprint density at radius 3 is 2.86 bits per heavy atom. The van der Waals surface area contributed by atoms with E-state index in [2.05, 4.69) is 9.97 Å². The van der Waals surface area contributed by atoms with Gasteiger partial charge in [-0.15, -0.1) is 11.8 Å². The second-order valence-electron chi connectivity index (χ2n) is 5.01. The maximum Gasteiger partial charge on any atom is 0.416 e. The molecule has 0 saturated carbocycles. The van der Waals surface area contributed by atoms with Gasteiger partial charge in [-0.2, -0.15) is 13.2 Å². The van der Waals surface area contributed by atoms with E-state index in [0.717, 1.165) is 18.0 Å². The molecule has 0 radical (unpaired) electrons. The Balaban J connectivity index is 1.83. The number of nitrogens with zero attached hydrogens (tertiary/aromatic N) is 1. The van der Waals surface area contributed by atoms with Gasteiger partial charge in [-0.25, -0.2) is 4.98 Å². The molecule has 0 fully saturated rings. The molecule has 21 heavy (non-hydrogen) atoms. The first-order valence-electron chi connectivity index (χ1n) is 6.45. The molecule has 1 aliphatic heterocycles. The third-order valence-electron chi connectivity index (χ3n) is 3.57. The zero-order valence-electron chi connectivity index (χ0n) is 10.9. The van der Waals surface area contributed by atoms with E-state index in [1.807, 2.05) is 0 Å². The summed E-state index contributed by atoms with van der Waals surface area (Å²) in [4.78, 5) is 7.61. The molecular weight excluding hydrogens is 301 g/mol. The molecule has 0 unspecified atom stereocenters. The maximum atomic E-state index is 12.7. The molecule has 2 atom stereocenters. The van der Waals surface area contributed by atoms with Gasteiger partial charge in [0.1, 0.15) is 5.82 Å². The lowest BCUT2D eigenvalue weighted by molar-refractivity contribution is -0.137. The zero-order chi connectivity index (χ0) is 15.0. The number of fused-ring (bicyclic) bond motifs is 1. The van der Waals surface area contributed by atoms with Gasteiger partial charge in [-0.1, -0.05) is 6.07 Å². The highest BCUT2D eigenvalue weighted by atomic mass is 32.2. The summed E-state index contributed by atoms with van der Waals surface area (Å²) in [6.07, 6.45) is -1.20. The number of aromatic nitrogens is 2. The van der Waals surface area contributed by atoms with Crippen LogP contribution in [0.4, 0.5) is 13.2 Å². The van der Waals surface area contributed by atoms with Gasteiger partial charge in [0.2, 0.25) is 0 Å². The molecule has 112 valence electrons. The summed E-state index contributed by atoms with van der Waals surface area (Å²) >= 11 is 1.35. The van der Waals surface area contributed by atoms with Crippen molar-refractivity contribution in [2.24, 2.45) is 5.92 Å². The Morgan fingerprint density at radius 2 is 2.19 bits per heavy atom. The number of H-pyrrole nitrogens is 1. The van der Waals surface area contributed by atoms with Crippen molar-refractivity contribution in [1.29, 1.82) is 0 Å². The molecular formula is C14H13F3N2OS. The summed E-state index contributed by atoms with van der Waals surface area (Å²) in [5, 5.41) is 10.4. The van der Waals surface area contributed by atoms with Gasteiger partial charge in [0, 0.05) is 35.4 Å². The van der Waals surface area contributed by atoms with Crippen LogP contribution in [0.2, 0.25) is 0 Å². The number of halogens is 3. The van der Waals surface area contributed by atoms with Gasteiger partial charge in [0.25, 0.3) is 0 Å². The minimum atomic E-state index is -4.36. The highest BCUT2D eigenvalue weighted by Crippen LogP contribution is 2.43. The van der Waals surface area contributed by atoms with E-state index < -0.39 is 17.8 Å². The van der Waals surface area contributed by atoms with Crippen molar-refractivity contribution in [3.8, 4) is 0 Å². The van der Waals surface area contributed by atoms with Crippen molar-refractivity contribution in [3.05, 3.63) is 47.5 Å². The summed E-state index contributed by atoms with van der Waals surface area (Å²) in [6.45, 7) is 0. The lowest BCUT2D eigenvalue weighted by Gasteiger charge is -2.29. The third kappa shape index (κ3) is 2.94. The lowest BCUT2D eigenvalue weighted by Crippen LogP contribution is -2.23. The van der Waals surface area contributed by atoms with E-state index >= 15 is 0 Å². The van der Waals surface area contributed by atoms with Gasteiger partial charge in [0.15, 0.2) is 0 Å². The van der Waals surface area contributed by atoms with Crippen molar-refractivity contribution in [2.75, 3.05) is 5.75 Å². The van der Waals surface area contributed by atoms with E-state index in [-0.39, 0.29) is 5.92 Å². The average molecular weight is 314 g/mol. The van der Waals surface area contributed by atoms with Crippen molar-refractivity contribution in [1.82, 2.24) is 9.97 Å². The van der Waals surface area contributed by atoms with Crippen molar-refractivity contribution >= 4 is 11.8 Å². The van der Waals surface area contributed by atoms with Gasteiger partial charge in [0.05, 0.1) is 11.7 Å². The molecule has 2 N–H and O–H groups in total. The molecule has 1 aliphatic rings. The smallest absolute Gasteiger partial charge is 0.388 e. The summed E-state index contributed by atoms with van der Waals surface area (Å²) in [5.74, 6) is 1.27. The van der Waals surface area contributed by atoms with Crippen LogP contribution in [0.3, 0.4) is 0 Å². The van der Waals surface area contributed by atoms with Crippen LogP contribution in [0.25, 0.3) is 0 Å². The molecule has 0 aliphatic carbocycles. The minimum Gasteiger partial charge on any atom is -0.388 e. The molecule has 1 aromatic carbocycles. The molecule has 0 spiro atoms. The van der Waals surface area contributed by atoms with Crippen molar-refractivity contribution in [3.63, 3.8) is 0 Å². The number of nitrogens with one attached hydrogen (secondary N) is 1. The van der Waals surface area contributed by atoms with Crippen LogP contribution >= 0.6 is 11.8 Å². The normalized spacial score (nSPS) is 22.1. The Hall–Kier alpha value is -1.47. The highest BCUT2D eigenvalue weighted by Gasteiger charge is 2.34. The molecule has 2 heterocycles. The van der Waals surface area contributed by atoms with Gasteiger partial charge >= 0.3 is 6.18 Å². The van der Waals surface area contributed by atoms with Crippen molar-refractivity contribution in [2.45, 2.75) is 23.6 Å². The van der Waals surface area contributed by atoms with Crippen LogP contribution in [0.5, 0.6) is 0 Å². The second-order valence-corrected chi connectivity index (χ2v) is 6.07. The summed E-state index contributed by atoms with van der Waals surface area (Å²) < 4.78 is 38.1. The Bertz CT molecular complexity index is 628. The fourth-order valence-electron chi connectivity index (χ4n) is 2.45. The van der Waals surface area contributed by atoms with E-state index in [1.165, 1.54) is 17.8 Å². The first kappa shape index (κ1) is 14.5. The number of thioether (sulfide) groups is 1.